The molecular weight excluding hydrogens is 381 g/mol. The molecule has 1 atom stereocenters. The molecule has 1 fully saturated rings. The first kappa shape index (κ1) is 32.4. The second kappa shape index (κ2) is 26.7. The van der Waals surface area contributed by atoms with Gasteiger partial charge in [-0.1, -0.05) is 83.7 Å². The molecule has 0 spiro atoms. The van der Waals surface area contributed by atoms with Crippen LogP contribution in [0.3, 0.4) is 0 Å². The minimum Gasteiger partial charge on any atom is -0.405 e. The van der Waals surface area contributed by atoms with Gasteiger partial charge in [0.1, 0.15) is 5.83 Å². The Morgan fingerprint density at radius 1 is 1.17 bits per heavy atom. The molecule has 0 bridgehead atoms. The third-order valence-electron chi connectivity index (χ3n) is 3.64. The summed E-state index contributed by atoms with van der Waals surface area (Å²) in [6, 6.07) is 7.80. The Bertz CT molecular complexity index is 487. The van der Waals surface area contributed by atoms with E-state index in [9.17, 15) is 4.39 Å². The second-order valence-electron chi connectivity index (χ2n) is 6.27. The summed E-state index contributed by atoms with van der Waals surface area (Å²) in [5.74, 6) is -0.395. The Balaban J connectivity index is -0.000000396. The fraction of sp³-hybridized carbons (Fsp3) is 0.583. The highest BCUT2D eigenvalue weighted by Crippen LogP contribution is 2.27. The summed E-state index contributed by atoms with van der Waals surface area (Å²) in [7, 11) is 0. The molecule has 29 heavy (non-hydrogen) atoms. The monoisotopic (exact) mass is 427 g/mol. The van der Waals surface area contributed by atoms with E-state index in [0.29, 0.717) is 0 Å². The van der Waals surface area contributed by atoms with Crippen molar-refractivity contribution in [1.29, 1.82) is 0 Å². The number of nitrogens with one attached hydrogen (secondary N) is 1. The fourth-order valence-electron chi connectivity index (χ4n) is 2.31. The quantitative estimate of drug-likeness (QED) is 0.364. The number of aryl methyl sites for hydroxylation is 1. The summed E-state index contributed by atoms with van der Waals surface area (Å²) >= 11 is 1.25. The van der Waals surface area contributed by atoms with Crippen molar-refractivity contribution >= 4 is 11.9 Å². The zero-order valence-corrected chi connectivity index (χ0v) is 20.6. The molecule has 1 aromatic rings. The topological polar surface area (TPSA) is 64.1 Å². The van der Waals surface area contributed by atoms with Crippen LogP contribution < -0.4 is 16.2 Å². The lowest BCUT2D eigenvalue weighted by atomic mass is 9.95. The van der Waals surface area contributed by atoms with Gasteiger partial charge >= 0.3 is 0 Å². The normalized spacial score (nSPS) is 13.9. The average Bonchev–Trinajstić information content (AvgIpc) is 2.76. The number of benzene rings is 1. The smallest absolute Gasteiger partial charge is 0.107 e. The fourth-order valence-corrected chi connectivity index (χ4v) is 2.31. The van der Waals surface area contributed by atoms with Crippen molar-refractivity contribution in [3.8, 4) is 0 Å². The van der Waals surface area contributed by atoms with Gasteiger partial charge in [-0.05, 0) is 68.6 Å². The van der Waals surface area contributed by atoms with E-state index in [-0.39, 0.29) is 11.7 Å². The highest BCUT2D eigenvalue weighted by Gasteiger charge is 2.11. The van der Waals surface area contributed by atoms with Crippen molar-refractivity contribution in [3.63, 3.8) is 0 Å². The maximum Gasteiger partial charge on any atom is 0.107 e. The van der Waals surface area contributed by atoms with E-state index in [2.05, 4.69) is 19.2 Å². The van der Waals surface area contributed by atoms with Crippen LogP contribution >= 0.6 is 11.9 Å². The van der Waals surface area contributed by atoms with E-state index in [1.54, 1.807) is 0 Å². The van der Waals surface area contributed by atoms with Gasteiger partial charge in [0, 0.05) is 5.92 Å². The van der Waals surface area contributed by atoms with Crippen molar-refractivity contribution in [3.05, 3.63) is 59.6 Å². The third kappa shape index (κ3) is 21.2. The predicted molar refractivity (Wildman–Crippen MR) is 134 cm³/mol. The molecule has 0 aliphatic carbocycles. The largest absolute Gasteiger partial charge is 0.405 e. The molecule has 5 N–H and O–H groups in total. The van der Waals surface area contributed by atoms with Crippen molar-refractivity contribution in [1.82, 2.24) is 5.32 Å². The van der Waals surface area contributed by atoms with Crippen LogP contribution in [0.15, 0.2) is 48.4 Å². The van der Waals surface area contributed by atoms with Crippen LogP contribution in [0.1, 0.15) is 77.3 Å². The Kier molecular flexibility index (Phi) is 29.8. The van der Waals surface area contributed by atoms with E-state index in [1.165, 1.54) is 69.1 Å². The van der Waals surface area contributed by atoms with Crippen LogP contribution in [-0.4, -0.2) is 19.3 Å². The molecule has 1 unspecified atom stereocenters. The van der Waals surface area contributed by atoms with Gasteiger partial charge in [-0.2, -0.15) is 0 Å². The molecule has 0 saturated carbocycles. The van der Waals surface area contributed by atoms with Crippen LogP contribution in [0, 0.1) is 6.92 Å². The molecule has 5 heteroatoms. The van der Waals surface area contributed by atoms with Crippen molar-refractivity contribution in [2.75, 3.05) is 19.3 Å². The minimum atomic E-state index is -0.220. The zero-order valence-electron chi connectivity index (χ0n) is 19.8. The number of rotatable bonds is 3. The Morgan fingerprint density at radius 2 is 1.66 bits per heavy atom. The summed E-state index contributed by atoms with van der Waals surface area (Å²) in [5, 5.41) is 8.05. The van der Waals surface area contributed by atoms with Crippen LogP contribution in [0.4, 0.5) is 4.39 Å². The maximum absolute atomic E-state index is 13.6. The van der Waals surface area contributed by atoms with E-state index in [1.807, 2.05) is 58.2 Å². The van der Waals surface area contributed by atoms with Crippen LogP contribution in [-0.2, 0) is 0 Å². The van der Waals surface area contributed by atoms with Gasteiger partial charge in [-0.15, -0.1) is 0 Å². The predicted octanol–water partition coefficient (Wildman–Crippen LogP) is 6.85. The van der Waals surface area contributed by atoms with E-state index >= 15 is 0 Å². The van der Waals surface area contributed by atoms with Crippen molar-refractivity contribution in [2.45, 2.75) is 73.1 Å². The summed E-state index contributed by atoms with van der Waals surface area (Å²) in [4.78, 5) is 0. The Labute approximate surface area is 184 Å². The first-order valence-electron chi connectivity index (χ1n) is 10.7. The number of halogens is 1. The second-order valence-corrected chi connectivity index (χ2v) is 6.74. The molecular formula is C24H46FN3S. The Hall–Kier alpha value is -1.30. The van der Waals surface area contributed by atoms with Gasteiger partial charge in [0.2, 0.25) is 0 Å². The standard InChI is InChI=1S/C13H16FN.C5H11N.C3H8.C2H6.CH5NS/c1-10-6-3-4-7-12(10)11(2)13(14)8-5-9-15;1-2-4-6-5-3-1;1-3-2;1-2;1-3-2/h3-9,11H,15H2,1-2H3;6H,1-5H2;3H2,1-2H3;1-2H3;2H2,1H3/b9-5-,13-8+;;;;. The lowest BCUT2D eigenvalue weighted by Gasteiger charge is -2.12. The highest BCUT2D eigenvalue weighted by atomic mass is 32.2. The summed E-state index contributed by atoms with van der Waals surface area (Å²) in [6.07, 6.45) is 11.5. The first-order chi connectivity index (χ1) is 14.0. The third-order valence-corrected chi connectivity index (χ3v) is 3.64. The SMILES string of the molecule is C1CCNCC1.CC.CCC.CSN.Cc1ccccc1C(C)/C(F)=C\C=C/N. The summed E-state index contributed by atoms with van der Waals surface area (Å²) in [6.45, 7) is 14.6. The lowest BCUT2D eigenvalue weighted by Crippen LogP contribution is -2.21. The number of nitrogens with two attached hydrogens (primary N) is 2. The summed E-state index contributed by atoms with van der Waals surface area (Å²) in [5.41, 5.74) is 7.27. The molecule has 0 amide bonds. The maximum atomic E-state index is 13.6. The molecule has 0 aromatic heterocycles. The molecule has 1 heterocycles. The van der Waals surface area contributed by atoms with Crippen LogP contribution in [0.25, 0.3) is 0 Å². The number of hydrogen-bond acceptors (Lipinski definition) is 4. The van der Waals surface area contributed by atoms with Crippen molar-refractivity contribution in [2.24, 2.45) is 10.9 Å². The van der Waals surface area contributed by atoms with Crippen molar-refractivity contribution < 1.29 is 4.39 Å². The van der Waals surface area contributed by atoms with Gasteiger partial charge in [0.25, 0.3) is 0 Å². The molecule has 1 saturated heterocycles. The summed E-state index contributed by atoms with van der Waals surface area (Å²) < 4.78 is 13.6. The number of piperidine rings is 1. The van der Waals surface area contributed by atoms with Gasteiger partial charge in [-0.25, -0.2) is 4.39 Å². The van der Waals surface area contributed by atoms with E-state index in [0.717, 1.165) is 11.1 Å². The lowest BCUT2D eigenvalue weighted by molar-refractivity contribution is 0.520. The first-order valence-corrected chi connectivity index (χ1v) is 12.0. The number of hydrogen-bond donors (Lipinski definition) is 3. The zero-order chi connectivity index (χ0) is 22.9. The molecule has 1 aliphatic rings. The molecule has 1 aliphatic heterocycles. The van der Waals surface area contributed by atoms with E-state index < -0.39 is 0 Å². The molecule has 2 rings (SSSR count). The van der Waals surface area contributed by atoms with Gasteiger partial charge in [0.15, 0.2) is 0 Å². The van der Waals surface area contributed by atoms with Crippen LogP contribution in [0.5, 0.6) is 0 Å². The van der Waals surface area contributed by atoms with Crippen LogP contribution in [0.2, 0.25) is 0 Å². The van der Waals surface area contributed by atoms with Gasteiger partial charge in [0.05, 0.1) is 0 Å². The van der Waals surface area contributed by atoms with Gasteiger partial charge < -0.3 is 11.1 Å². The average molecular weight is 428 g/mol. The van der Waals surface area contributed by atoms with Gasteiger partial charge in [-0.3, -0.25) is 5.14 Å². The highest BCUT2D eigenvalue weighted by molar-refractivity contribution is 7.96. The Morgan fingerprint density at radius 3 is 2.00 bits per heavy atom. The van der Waals surface area contributed by atoms with E-state index in [4.69, 9.17) is 10.9 Å². The molecule has 170 valence electrons. The molecule has 0 radical (unpaired) electrons. The molecule has 1 aromatic carbocycles. The molecule has 3 nitrogen and oxygen atoms in total. The minimum absolute atomic E-state index is 0.175. The number of allylic oxidation sites excluding steroid dienone is 3.